The predicted octanol–water partition coefficient (Wildman–Crippen LogP) is 2.80. The van der Waals surface area contributed by atoms with E-state index in [4.69, 9.17) is 5.84 Å². The molecule has 3 N–H and O–H groups in total. The third-order valence-corrected chi connectivity index (χ3v) is 3.96. The number of hydrazine groups is 1. The van der Waals surface area contributed by atoms with Gasteiger partial charge in [-0.05, 0) is 47.1 Å². The second-order valence-corrected chi connectivity index (χ2v) is 5.33. The van der Waals surface area contributed by atoms with Crippen LogP contribution in [0.5, 0.6) is 0 Å². The summed E-state index contributed by atoms with van der Waals surface area (Å²) >= 11 is 1.76. The van der Waals surface area contributed by atoms with E-state index in [1.807, 2.05) is 0 Å². The lowest BCUT2D eigenvalue weighted by Gasteiger charge is -2.26. The molecule has 0 saturated carbocycles. The molecular weight excluding hydrogens is 204 g/mol. The molecule has 2 unspecified atom stereocenters. The molecule has 0 aliphatic rings. The maximum Gasteiger partial charge on any atom is 0.0241 e. The molecule has 1 aromatic heterocycles. The van der Waals surface area contributed by atoms with E-state index in [9.17, 15) is 0 Å². The Labute approximate surface area is 96.9 Å². The van der Waals surface area contributed by atoms with Gasteiger partial charge >= 0.3 is 0 Å². The van der Waals surface area contributed by atoms with E-state index < -0.39 is 0 Å². The first-order valence-electron chi connectivity index (χ1n) is 5.62. The minimum atomic E-state index is 0.421. The molecule has 0 aromatic carbocycles. The van der Waals surface area contributed by atoms with E-state index in [0.29, 0.717) is 17.9 Å². The van der Waals surface area contributed by atoms with Crippen LogP contribution < -0.4 is 11.3 Å². The van der Waals surface area contributed by atoms with Crippen LogP contribution in [0.4, 0.5) is 0 Å². The largest absolute Gasteiger partial charge is 0.271 e. The van der Waals surface area contributed by atoms with Crippen LogP contribution in [0.1, 0.15) is 32.8 Å². The molecule has 0 saturated heterocycles. The molecule has 0 radical (unpaired) electrons. The van der Waals surface area contributed by atoms with Crippen molar-refractivity contribution in [1.29, 1.82) is 0 Å². The van der Waals surface area contributed by atoms with Crippen molar-refractivity contribution in [2.24, 2.45) is 17.7 Å². The molecule has 0 amide bonds. The third kappa shape index (κ3) is 3.93. The fourth-order valence-electron chi connectivity index (χ4n) is 1.72. The molecule has 2 atom stereocenters. The fraction of sp³-hybridized carbons (Fsp3) is 0.667. The zero-order valence-corrected chi connectivity index (χ0v) is 10.7. The molecule has 0 aliphatic carbocycles. The number of rotatable bonds is 6. The summed E-state index contributed by atoms with van der Waals surface area (Å²) in [6, 6.07) is 2.61. The van der Waals surface area contributed by atoms with Gasteiger partial charge in [0.1, 0.15) is 0 Å². The molecule has 0 bridgehead atoms. The SMILES string of the molecule is CC(C)C(C)C(CCc1ccsc1)NN. The number of thiophene rings is 1. The fourth-order valence-corrected chi connectivity index (χ4v) is 2.42. The van der Waals surface area contributed by atoms with Gasteiger partial charge in [-0.15, -0.1) is 0 Å². The van der Waals surface area contributed by atoms with Crippen molar-refractivity contribution in [1.82, 2.24) is 5.43 Å². The van der Waals surface area contributed by atoms with Crippen molar-refractivity contribution in [3.05, 3.63) is 22.4 Å². The normalized spacial score (nSPS) is 15.5. The summed E-state index contributed by atoms with van der Waals surface area (Å²) in [6.45, 7) is 6.77. The van der Waals surface area contributed by atoms with E-state index in [0.717, 1.165) is 12.8 Å². The molecule has 0 fully saturated rings. The van der Waals surface area contributed by atoms with E-state index in [-0.39, 0.29) is 0 Å². The summed E-state index contributed by atoms with van der Waals surface area (Å²) in [4.78, 5) is 0. The summed E-state index contributed by atoms with van der Waals surface area (Å²) < 4.78 is 0. The van der Waals surface area contributed by atoms with Crippen LogP contribution in [0.15, 0.2) is 16.8 Å². The highest BCUT2D eigenvalue weighted by Crippen LogP contribution is 2.19. The predicted molar refractivity (Wildman–Crippen MR) is 67.8 cm³/mol. The summed E-state index contributed by atoms with van der Waals surface area (Å²) in [5.41, 5.74) is 4.38. The van der Waals surface area contributed by atoms with Gasteiger partial charge in [0, 0.05) is 6.04 Å². The molecule has 1 aromatic rings. The highest BCUT2D eigenvalue weighted by molar-refractivity contribution is 7.07. The number of hydrogen-bond acceptors (Lipinski definition) is 3. The van der Waals surface area contributed by atoms with Gasteiger partial charge in [0.05, 0.1) is 0 Å². The second-order valence-electron chi connectivity index (χ2n) is 4.55. The Balaban J connectivity index is 2.40. The average Bonchev–Trinajstić information content (AvgIpc) is 2.71. The van der Waals surface area contributed by atoms with Gasteiger partial charge in [-0.1, -0.05) is 20.8 Å². The van der Waals surface area contributed by atoms with E-state index in [2.05, 4.69) is 43.0 Å². The molecule has 1 rings (SSSR count). The number of nitrogens with two attached hydrogens (primary N) is 1. The monoisotopic (exact) mass is 226 g/mol. The molecule has 0 aliphatic heterocycles. The molecule has 3 heteroatoms. The first-order valence-corrected chi connectivity index (χ1v) is 6.56. The van der Waals surface area contributed by atoms with Crippen LogP contribution in [-0.4, -0.2) is 6.04 Å². The van der Waals surface area contributed by atoms with Gasteiger partial charge in [0.25, 0.3) is 0 Å². The van der Waals surface area contributed by atoms with Gasteiger partial charge in [0.15, 0.2) is 0 Å². The standard InChI is InChI=1S/C12H22N2S/c1-9(2)10(3)12(14-13)5-4-11-6-7-15-8-11/h6-10,12,14H,4-5,13H2,1-3H3. The summed E-state index contributed by atoms with van der Waals surface area (Å²) in [6.07, 6.45) is 2.24. The number of aryl methyl sites for hydroxylation is 1. The maximum atomic E-state index is 5.60. The van der Waals surface area contributed by atoms with Crippen LogP contribution in [0, 0.1) is 11.8 Å². The van der Waals surface area contributed by atoms with Gasteiger partial charge in [-0.2, -0.15) is 11.3 Å². The molecule has 86 valence electrons. The molecule has 0 spiro atoms. The van der Waals surface area contributed by atoms with Crippen LogP contribution in [0.2, 0.25) is 0 Å². The molecule has 15 heavy (non-hydrogen) atoms. The Morgan fingerprint density at radius 3 is 2.60 bits per heavy atom. The van der Waals surface area contributed by atoms with Gasteiger partial charge in [-0.25, -0.2) is 0 Å². The third-order valence-electron chi connectivity index (χ3n) is 3.22. The van der Waals surface area contributed by atoms with E-state index in [1.165, 1.54) is 5.56 Å². The number of nitrogens with one attached hydrogen (secondary N) is 1. The van der Waals surface area contributed by atoms with Gasteiger partial charge in [-0.3, -0.25) is 11.3 Å². The summed E-state index contributed by atoms with van der Waals surface area (Å²) in [7, 11) is 0. The van der Waals surface area contributed by atoms with Crippen molar-refractivity contribution in [2.75, 3.05) is 0 Å². The Hall–Kier alpha value is -0.380. The lowest BCUT2D eigenvalue weighted by molar-refractivity contribution is 0.288. The first kappa shape index (κ1) is 12.7. The van der Waals surface area contributed by atoms with Crippen LogP contribution in [0.25, 0.3) is 0 Å². The Bertz CT molecular complexity index is 257. The second kappa shape index (κ2) is 6.26. The zero-order valence-electron chi connectivity index (χ0n) is 9.86. The smallest absolute Gasteiger partial charge is 0.0241 e. The van der Waals surface area contributed by atoms with Gasteiger partial charge < -0.3 is 0 Å². The molecule has 2 nitrogen and oxygen atoms in total. The topological polar surface area (TPSA) is 38.0 Å². The van der Waals surface area contributed by atoms with E-state index in [1.54, 1.807) is 11.3 Å². The highest BCUT2D eigenvalue weighted by Gasteiger charge is 2.18. The Morgan fingerprint density at radius 1 is 1.40 bits per heavy atom. The molecular formula is C12H22N2S. The van der Waals surface area contributed by atoms with Crippen molar-refractivity contribution in [3.8, 4) is 0 Å². The van der Waals surface area contributed by atoms with Crippen LogP contribution in [-0.2, 0) is 6.42 Å². The highest BCUT2D eigenvalue weighted by atomic mass is 32.1. The van der Waals surface area contributed by atoms with Crippen molar-refractivity contribution in [2.45, 2.75) is 39.7 Å². The van der Waals surface area contributed by atoms with Gasteiger partial charge in [0.2, 0.25) is 0 Å². The maximum absolute atomic E-state index is 5.60. The number of hydrogen-bond donors (Lipinski definition) is 2. The minimum absolute atomic E-state index is 0.421. The summed E-state index contributed by atoms with van der Waals surface area (Å²) in [5, 5.41) is 4.35. The minimum Gasteiger partial charge on any atom is -0.271 e. The Kier molecular flexibility index (Phi) is 5.29. The van der Waals surface area contributed by atoms with Crippen LogP contribution >= 0.6 is 11.3 Å². The lowest BCUT2D eigenvalue weighted by Crippen LogP contribution is -2.42. The average molecular weight is 226 g/mol. The zero-order chi connectivity index (χ0) is 11.3. The van der Waals surface area contributed by atoms with Crippen LogP contribution in [0.3, 0.4) is 0 Å². The molecule has 1 heterocycles. The van der Waals surface area contributed by atoms with Crippen molar-refractivity contribution in [3.63, 3.8) is 0 Å². The first-order chi connectivity index (χ1) is 7.15. The quantitative estimate of drug-likeness (QED) is 0.578. The lowest BCUT2D eigenvalue weighted by atomic mass is 9.87. The Morgan fingerprint density at radius 2 is 2.13 bits per heavy atom. The summed E-state index contributed by atoms with van der Waals surface area (Å²) in [5.74, 6) is 6.90. The van der Waals surface area contributed by atoms with Crippen molar-refractivity contribution >= 4 is 11.3 Å². The van der Waals surface area contributed by atoms with Crippen molar-refractivity contribution < 1.29 is 0 Å². The van der Waals surface area contributed by atoms with E-state index >= 15 is 0 Å².